The molecule has 0 aliphatic heterocycles. The molecule has 0 bridgehead atoms. The standard InChI is InChI=1S/C11H9ClN6O3/c12-7-4-6(5-8(18(20)21)10(7)16-13)11(19)15-9-2-1-3-14-17-9/h1-5,16H,13H2,(H,15,17,19). The first-order chi connectivity index (χ1) is 10.0. The van der Waals surface area contributed by atoms with Gasteiger partial charge in [0.05, 0.1) is 9.95 Å². The van der Waals surface area contributed by atoms with E-state index in [2.05, 4.69) is 20.9 Å². The Morgan fingerprint density at radius 3 is 2.76 bits per heavy atom. The first kappa shape index (κ1) is 14.6. The van der Waals surface area contributed by atoms with E-state index in [1.54, 1.807) is 6.07 Å². The first-order valence-corrected chi connectivity index (χ1v) is 5.94. The number of nitrogens with two attached hydrogens (primary N) is 1. The van der Waals surface area contributed by atoms with Crippen molar-refractivity contribution in [1.29, 1.82) is 0 Å². The van der Waals surface area contributed by atoms with Crippen LogP contribution in [-0.2, 0) is 0 Å². The average molecular weight is 309 g/mol. The molecule has 0 aliphatic carbocycles. The number of nitro groups is 1. The van der Waals surface area contributed by atoms with E-state index in [-0.39, 0.29) is 22.1 Å². The summed E-state index contributed by atoms with van der Waals surface area (Å²) in [6, 6.07) is 5.43. The molecule has 0 atom stereocenters. The lowest BCUT2D eigenvalue weighted by Gasteiger charge is -2.08. The van der Waals surface area contributed by atoms with E-state index >= 15 is 0 Å². The van der Waals surface area contributed by atoms with Crippen LogP contribution in [0.25, 0.3) is 0 Å². The number of carbonyl (C=O) groups is 1. The monoisotopic (exact) mass is 308 g/mol. The van der Waals surface area contributed by atoms with E-state index in [0.717, 1.165) is 6.07 Å². The molecule has 0 radical (unpaired) electrons. The number of rotatable bonds is 4. The highest BCUT2D eigenvalue weighted by Crippen LogP contribution is 2.33. The van der Waals surface area contributed by atoms with Crippen LogP contribution in [0.3, 0.4) is 0 Å². The smallest absolute Gasteiger partial charge is 0.295 e. The second-order valence-electron chi connectivity index (χ2n) is 3.82. The molecule has 108 valence electrons. The third-order valence-electron chi connectivity index (χ3n) is 2.49. The second kappa shape index (κ2) is 6.11. The minimum absolute atomic E-state index is 0.00338. The van der Waals surface area contributed by atoms with Crippen LogP contribution in [0.1, 0.15) is 10.4 Å². The topological polar surface area (TPSA) is 136 Å². The summed E-state index contributed by atoms with van der Waals surface area (Å²) >= 11 is 5.87. The fourth-order valence-corrected chi connectivity index (χ4v) is 1.84. The maximum atomic E-state index is 12.0. The van der Waals surface area contributed by atoms with Gasteiger partial charge in [0, 0.05) is 17.8 Å². The zero-order valence-corrected chi connectivity index (χ0v) is 11.2. The maximum Gasteiger partial charge on any atom is 0.295 e. The molecule has 1 aromatic heterocycles. The summed E-state index contributed by atoms with van der Waals surface area (Å²) in [7, 11) is 0. The Labute approximate surface area is 123 Å². The third kappa shape index (κ3) is 3.22. The third-order valence-corrected chi connectivity index (χ3v) is 2.78. The number of benzene rings is 1. The molecular formula is C11H9ClN6O3. The summed E-state index contributed by atoms with van der Waals surface area (Å²) in [5, 5.41) is 20.6. The van der Waals surface area contributed by atoms with E-state index in [1.807, 2.05) is 0 Å². The van der Waals surface area contributed by atoms with Crippen molar-refractivity contribution in [2.75, 3.05) is 10.7 Å². The molecule has 9 nitrogen and oxygen atoms in total. The van der Waals surface area contributed by atoms with Crippen molar-refractivity contribution in [1.82, 2.24) is 10.2 Å². The molecule has 0 unspecified atom stereocenters. The van der Waals surface area contributed by atoms with E-state index in [4.69, 9.17) is 17.4 Å². The van der Waals surface area contributed by atoms with Gasteiger partial charge in [0.2, 0.25) is 0 Å². The van der Waals surface area contributed by atoms with Crippen molar-refractivity contribution in [2.24, 2.45) is 5.84 Å². The first-order valence-electron chi connectivity index (χ1n) is 5.56. The maximum absolute atomic E-state index is 12.0. The second-order valence-corrected chi connectivity index (χ2v) is 4.22. The van der Waals surface area contributed by atoms with Gasteiger partial charge >= 0.3 is 0 Å². The molecule has 1 amide bonds. The number of hydrogen-bond donors (Lipinski definition) is 3. The number of nitrogen functional groups attached to an aromatic ring is 1. The molecule has 0 fully saturated rings. The lowest BCUT2D eigenvalue weighted by molar-refractivity contribution is -0.384. The Hall–Kier alpha value is -2.78. The molecule has 21 heavy (non-hydrogen) atoms. The number of nitro benzene ring substituents is 1. The van der Waals surface area contributed by atoms with Crippen molar-refractivity contribution >= 4 is 34.7 Å². The van der Waals surface area contributed by atoms with Crippen LogP contribution in [0, 0.1) is 10.1 Å². The number of halogens is 1. The Balaban J connectivity index is 2.36. The number of hydrogen-bond acceptors (Lipinski definition) is 7. The summed E-state index contributed by atoms with van der Waals surface area (Å²) in [6.07, 6.45) is 1.44. The van der Waals surface area contributed by atoms with Crippen molar-refractivity contribution in [3.8, 4) is 0 Å². The fraction of sp³-hybridized carbons (Fsp3) is 0. The number of nitrogens with zero attached hydrogens (tertiary/aromatic N) is 3. The van der Waals surface area contributed by atoms with Gasteiger partial charge in [-0.25, -0.2) is 0 Å². The zero-order valence-electron chi connectivity index (χ0n) is 10.4. The fourth-order valence-electron chi connectivity index (χ4n) is 1.57. The molecule has 1 aromatic carbocycles. The Bertz CT molecular complexity index is 694. The average Bonchev–Trinajstić information content (AvgIpc) is 2.47. The van der Waals surface area contributed by atoms with Gasteiger partial charge in [0.25, 0.3) is 11.6 Å². The summed E-state index contributed by atoms with van der Waals surface area (Å²) in [6.45, 7) is 0. The molecule has 1 heterocycles. The van der Waals surface area contributed by atoms with Gasteiger partial charge in [-0.15, -0.1) is 5.10 Å². The van der Waals surface area contributed by atoms with Gasteiger partial charge < -0.3 is 10.7 Å². The lowest BCUT2D eigenvalue weighted by atomic mass is 10.1. The Morgan fingerprint density at radius 1 is 1.43 bits per heavy atom. The Kier molecular flexibility index (Phi) is 4.26. The summed E-state index contributed by atoms with van der Waals surface area (Å²) < 4.78 is 0. The predicted octanol–water partition coefficient (Wildman–Crippen LogP) is 1.58. The van der Waals surface area contributed by atoms with Gasteiger partial charge in [0.15, 0.2) is 5.82 Å². The molecule has 0 aliphatic rings. The molecule has 0 spiro atoms. The van der Waals surface area contributed by atoms with Crippen molar-refractivity contribution in [2.45, 2.75) is 0 Å². The van der Waals surface area contributed by atoms with Crippen molar-refractivity contribution in [3.63, 3.8) is 0 Å². The van der Waals surface area contributed by atoms with E-state index in [0.29, 0.717) is 0 Å². The molecule has 10 heteroatoms. The molecular weight excluding hydrogens is 300 g/mol. The van der Waals surface area contributed by atoms with Crippen molar-refractivity contribution in [3.05, 3.63) is 51.2 Å². The number of hydrazine groups is 1. The van der Waals surface area contributed by atoms with Crippen molar-refractivity contribution < 1.29 is 9.72 Å². The summed E-state index contributed by atoms with van der Waals surface area (Å²) in [5.74, 6) is 4.78. The number of aromatic nitrogens is 2. The van der Waals surface area contributed by atoms with Crippen LogP contribution >= 0.6 is 11.6 Å². The van der Waals surface area contributed by atoms with Crippen LogP contribution in [0.5, 0.6) is 0 Å². The van der Waals surface area contributed by atoms with Gasteiger partial charge in [-0.1, -0.05) is 11.6 Å². The Morgan fingerprint density at radius 2 is 2.19 bits per heavy atom. The number of anilines is 2. The highest BCUT2D eigenvalue weighted by atomic mass is 35.5. The molecule has 2 rings (SSSR count). The highest BCUT2D eigenvalue weighted by Gasteiger charge is 2.21. The molecule has 0 saturated carbocycles. The van der Waals surface area contributed by atoms with Crippen LogP contribution in [-0.4, -0.2) is 21.0 Å². The number of nitrogens with one attached hydrogen (secondary N) is 2. The summed E-state index contributed by atoms with van der Waals surface area (Å²) in [5.41, 5.74) is 1.65. The highest BCUT2D eigenvalue weighted by molar-refractivity contribution is 6.34. The molecule has 4 N–H and O–H groups in total. The zero-order chi connectivity index (χ0) is 15.4. The van der Waals surface area contributed by atoms with Crippen LogP contribution in [0.15, 0.2) is 30.5 Å². The molecule has 2 aromatic rings. The number of carbonyl (C=O) groups excluding carboxylic acids is 1. The molecule has 0 saturated heterocycles. The van der Waals surface area contributed by atoms with E-state index < -0.39 is 16.5 Å². The largest absolute Gasteiger partial charge is 0.317 e. The lowest BCUT2D eigenvalue weighted by Crippen LogP contribution is -2.15. The van der Waals surface area contributed by atoms with Gasteiger partial charge in [-0.2, -0.15) is 5.10 Å². The van der Waals surface area contributed by atoms with Gasteiger partial charge in [-0.3, -0.25) is 20.8 Å². The minimum Gasteiger partial charge on any atom is -0.317 e. The summed E-state index contributed by atoms with van der Waals surface area (Å²) in [4.78, 5) is 22.3. The van der Waals surface area contributed by atoms with Crippen LogP contribution in [0.4, 0.5) is 17.2 Å². The number of amides is 1. The normalized spacial score (nSPS) is 10.0. The van der Waals surface area contributed by atoms with Crippen LogP contribution < -0.4 is 16.6 Å². The SMILES string of the molecule is NNc1c(Cl)cc(C(=O)Nc2cccnn2)cc1[N+](=O)[O-]. The van der Waals surface area contributed by atoms with E-state index in [1.165, 1.54) is 18.3 Å². The van der Waals surface area contributed by atoms with Gasteiger partial charge in [0.1, 0.15) is 5.69 Å². The minimum atomic E-state index is -0.694. The van der Waals surface area contributed by atoms with Gasteiger partial charge in [-0.05, 0) is 18.2 Å². The van der Waals surface area contributed by atoms with E-state index in [9.17, 15) is 14.9 Å². The van der Waals surface area contributed by atoms with Crippen LogP contribution in [0.2, 0.25) is 5.02 Å². The quantitative estimate of drug-likeness (QED) is 0.443. The predicted molar refractivity (Wildman–Crippen MR) is 75.9 cm³/mol.